The lowest BCUT2D eigenvalue weighted by Gasteiger charge is -2.35. The predicted octanol–water partition coefficient (Wildman–Crippen LogP) is 6.94. The third-order valence-corrected chi connectivity index (χ3v) is 11.7. The molecule has 1 nitrogen and oxygen atoms in total. The number of ether oxygens (including phenoxy) is 1. The molecule has 28 heavy (non-hydrogen) atoms. The quantitative estimate of drug-likeness (QED) is 0.318. The monoisotopic (exact) mass is 424 g/mol. The molecular formula is C24H28OS2Si. The minimum atomic E-state index is -1.93. The molecule has 1 aliphatic carbocycles. The SMILES string of the molecule is C=CCOc1c(C(C)(C)C)cccc1[Si](C)(C)C1c2ccsc2-c2sccc21. The number of benzene rings is 1. The van der Waals surface area contributed by atoms with Crippen LogP contribution in [0.1, 0.15) is 43.0 Å². The van der Waals surface area contributed by atoms with Crippen LogP contribution in [0.5, 0.6) is 5.75 Å². The van der Waals surface area contributed by atoms with Crippen molar-refractivity contribution in [2.24, 2.45) is 0 Å². The average Bonchev–Trinajstić information content (AvgIpc) is 3.32. The van der Waals surface area contributed by atoms with Crippen molar-refractivity contribution in [1.82, 2.24) is 0 Å². The Balaban J connectivity index is 1.90. The van der Waals surface area contributed by atoms with Crippen molar-refractivity contribution in [2.75, 3.05) is 6.61 Å². The van der Waals surface area contributed by atoms with Gasteiger partial charge in [-0.25, -0.2) is 0 Å². The first-order chi connectivity index (χ1) is 13.3. The molecule has 0 radical (unpaired) electrons. The fraction of sp³-hybridized carbons (Fsp3) is 0.333. The minimum absolute atomic E-state index is 0.0355. The van der Waals surface area contributed by atoms with Crippen LogP contribution < -0.4 is 9.92 Å². The van der Waals surface area contributed by atoms with Crippen molar-refractivity contribution < 1.29 is 4.74 Å². The van der Waals surface area contributed by atoms with Crippen molar-refractivity contribution in [3.8, 4) is 15.5 Å². The Morgan fingerprint density at radius 1 is 1.04 bits per heavy atom. The first-order valence-corrected chi connectivity index (χ1v) is 14.6. The van der Waals surface area contributed by atoms with E-state index in [2.05, 4.69) is 81.5 Å². The van der Waals surface area contributed by atoms with Crippen LogP contribution in [0.4, 0.5) is 0 Å². The highest BCUT2D eigenvalue weighted by molar-refractivity contribution is 7.21. The van der Waals surface area contributed by atoms with Crippen molar-refractivity contribution >= 4 is 35.9 Å². The number of thiophene rings is 2. The Kier molecular flexibility index (Phi) is 4.93. The largest absolute Gasteiger partial charge is 0.489 e. The van der Waals surface area contributed by atoms with Crippen LogP contribution in [0.15, 0.2) is 53.7 Å². The highest BCUT2D eigenvalue weighted by Gasteiger charge is 2.45. The zero-order valence-corrected chi connectivity index (χ0v) is 20.0. The molecule has 146 valence electrons. The van der Waals surface area contributed by atoms with Crippen molar-refractivity contribution in [2.45, 2.75) is 44.8 Å². The van der Waals surface area contributed by atoms with E-state index in [4.69, 9.17) is 4.74 Å². The van der Waals surface area contributed by atoms with E-state index in [1.54, 1.807) is 0 Å². The van der Waals surface area contributed by atoms with Crippen LogP contribution >= 0.6 is 22.7 Å². The molecule has 0 N–H and O–H groups in total. The highest BCUT2D eigenvalue weighted by Crippen LogP contribution is 2.53. The fourth-order valence-corrected chi connectivity index (χ4v) is 10.5. The first-order valence-electron chi connectivity index (χ1n) is 9.79. The molecule has 0 atom stereocenters. The van der Waals surface area contributed by atoms with Gasteiger partial charge in [-0.15, -0.1) is 22.7 Å². The van der Waals surface area contributed by atoms with Gasteiger partial charge < -0.3 is 4.74 Å². The van der Waals surface area contributed by atoms with Gasteiger partial charge in [0.2, 0.25) is 0 Å². The molecule has 0 spiro atoms. The molecule has 2 heterocycles. The Labute approximate surface area is 177 Å². The summed E-state index contributed by atoms with van der Waals surface area (Å²) in [5.74, 6) is 1.09. The van der Waals surface area contributed by atoms with Gasteiger partial charge in [-0.2, -0.15) is 0 Å². The lowest BCUT2D eigenvalue weighted by Crippen LogP contribution is -2.48. The van der Waals surface area contributed by atoms with Crippen LogP contribution in [0, 0.1) is 0 Å². The zero-order chi connectivity index (χ0) is 20.1. The Morgan fingerprint density at radius 3 is 2.18 bits per heavy atom. The van der Waals surface area contributed by atoms with Gasteiger partial charge in [-0.3, -0.25) is 0 Å². The standard InChI is InChI=1S/C24H28OS2Si/c1-7-13-25-20-18(24(2,3)4)9-8-10-19(20)28(5,6)23-16-11-14-26-21(16)22-17(23)12-15-27-22/h7-12,14-15,23H,1,13H2,2-6H3. The van der Waals surface area contributed by atoms with Crippen LogP contribution in [0.3, 0.4) is 0 Å². The predicted molar refractivity (Wildman–Crippen MR) is 127 cm³/mol. The van der Waals surface area contributed by atoms with Crippen molar-refractivity contribution in [3.05, 3.63) is 70.4 Å². The third-order valence-electron chi connectivity index (χ3n) is 5.80. The molecule has 1 aliphatic rings. The molecule has 0 aliphatic heterocycles. The summed E-state index contributed by atoms with van der Waals surface area (Å²) >= 11 is 3.78. The molecule has 4 heteroatoms. The Morgan fingerprint density at radius 2 is 1.64 bits per heavy atom. The topological polar surface area (TPSA) is 9.23 Å². The smallest absolute Gasteiger partial charge is 0.122 e. The summed E-state index contributed by atoms with van der Waals surface area (Å²) in [5.41, 5.74) is 4.87. The van der Waals surface area contributed by atoms with Crippen LogP contribution in [0.25, 0.3) is 9.75 Å². The molecule has 0 fully saturated rings. The Bertz CT molecular complexity index is 979. The summed E-state index contributed by atoms with van der Waals surface area (Å²) < 4.78 is 6.35. The highest BCUT2D eigenvalue weighted by atomic mass is 32.1. The molecular weight excluding hydrogens is 396 g/mol. The summed E-state index contributed by atoms with van der Waals surface area (Å²) in [4.78, 5) is 2.97. The van der Waals surface area contributed by atoms with Gasteiger partial charge in [-0.1, -0.05) is 64.7 Å². The maximum absolute atomic E-state index is 6.35. The number of rotatable bonds is 5. The van der Waals surface area contributed by atoms with Gasteiger partial charge in [0.15, 0.2) is 0 Å². The maximum Gasteiger partial charge on any atom is 0.122 e. The van der Waals surface area contributed by atoms with Crippen molar-refractivity contribution in [3.63, 3.8) is 0 Å². The van der Waals surface area contributed by atoms with E-state index in [1.165, 1.54) is 31.6 Å². The van der Waals surface area contributed by atoms with Gasteiger partial charge in [0.05, 0.1) is 8.07 Å². The van der Waals surface area contributed by atoms with Crippen LogP contribution in [0.2, 0.25) is 13.1 Å². The van der Waals surface area contributed by atoms with Gasteiger partial charge in [0.25, 0.3) is 0 Å². The molecule has 0 saturated carbocycles. The maximum atomic E-state index is 6.35. The number of para-hydroxylation sites is 1. The van der Waals surface area contributed by atoms with Gasteiger partial charge >= 0.3 is 0 Å². The fourth-order valence-electron chi connectivity index (χ4n) is 4.50. The second-order valence-electron chi connectivity index (χ2n) is 9.10. The second kappa shape index (κ2) is 7.01. The van der Waals surface area contributed by atoms with E-state index in [9.17, 15) is 0 Å². The molecule has 3 aromatic rings. The molecule has 4 rings (SSSR count). The number of hydrogen-bond acceptors (Lipinski definition) is 3. The van der Waals surface area contributed by atoms with E-state index in [1.807, 2.05) is 28.7 Å². The molecule has 0 unspecified atom stereocenters. The summed E-state index contributed by atoms with van der Waals surface area (Å²) in [5, 5.41) is 5.93. The molecule has 0 saturated heterocycles. The van der Waals surface area contributed by atoms with Crippen LogP contribution in [-0.4, -0.2) is 14.7 Å². The van der Waals surface area contributed by atoms with E-state index in [-0.39, 0.29) is 5.41 Å². The zero-order valence-electron chi connectivity index (χ0n) is 17.3. The van der Waals surface area contributed by atoms with Crippen LogP contribution in [-0.2, 0) is 5.41 Å². The van der Waals surface area contributed by atoms with E-state index in [0.717, 1.165) is 5.75 Å². The molecule has 2 aromatic heterocycles. The summed E-state index contributed by atoms with van der Waals surface area (Å²) in [6.07, 6.45) is 1.85. The second-order valence-corrected chi connectivity index (χ2v) is 15.5. The van der Waals surface area contributed by atoms with Gasteiger partial charge in [0.1, 0.15) is 12.4 Å². The summed E-state index contributed by atoms with van der Waals surface area (Å²) in [6.45, 7) is 16.2. The third kappa shape index (κ3) is 3.02. The molecule has 1 aromatic carbocycles. The number of fused-ring (bicyclic) bond motifs is 3. The van der Waals surface area contributed by atoms with Gasteiger partial charge in [0, 0.05) is 15.3 Å². The van der Waals surface area contributed by atoms with E-state index < -0.39 is 8.07 Å². The molecule has 0 bridgehead atoms. The normalized spacial score (nSPS) is 14.0. The minimum Gasteiger partial charge on any atom is -0.489 e. The van der Waals surface area contributed by atoms with E-state index >= 15 is 0 Å². The lowest BCUT2D eigenvalue weighted by molar-refractivity contribution is 0.354. The Hall–Kier alpha value is -1.62. The van der Waals surface area contributed by atoms with E-state index in [0.29, 0.717) is 12.1 Å². The molecule has 0 amide bonds. The first kappa shape index (κ1) is 19.7. The average molecular weight is 425 g/mol. The number of hydrogen-bond donors (Lipinski definition) is 0. The summed E-state index contributed by atoms with van der Waals surface area (Å²) in [6, 6.07) is 11.5. The lowest BCUT2D eigenvalue weighted by atomic mass is 9.86. The summed E-state index contributed by atoms with van der Waals surface area (Å²) in [7, 11) is -1.93. The van der Waals surface area contributed by atoms with Crippen molar-refractivity contribution in [1.29, 1.82) is 0 Å². The van der Waals surface area contributed by atoms with Gasteiger partial charge in [-0.05, 0) is 50.2 Å².